The minimum atomic E-state index is 0.174. The van der Waals surface area contributed by atoms with Crippen molar-refractivity contribution in [3.8, 4) is 0 Å². The maximum atomic E-state index is 4.79. The van der Waals surface area contributed by atoms with E-state index in [-0.39, 0.29) is 5.41 Å². The van der Waals surface area contributed by atoms with Gasteiger partial charge in [0.2, 0.25) is 0 Å². The van der Waals surface area contributed by atoms with Crippen molar-refractivity contribution >= 4 is 11.3 Å². The van der Waals surface area contributed by atoms with E-state index in [1.54, 1.807) is 0 Å². The van der Waals surface area contributed by atoms with Gasteiger partial charge in [-0.15, -0.1) is 11.3 Å². The van der Waals surface area contributed by atoms with Crippen molar-refractivity contribution < 1.29 is 0 Å². The molecule has 0 amide bonds. The second-order valence-corrected chi connectivity index (χ2v) is 7.16. The number of piperazine rings is 1. The van der Waals surface area contributed by atoms with Gasteiger partial charge in [-0.05, 0) is 6.92 Å². The molecule has 2 heterocycles. The molecule has 1 N–H and O–H groups in total. The average molecular weight is 267 g/mol. The number of hydrogen-bond acceptors (Lipinski definition) is 4. The first kappa shape index (κ1) is 14.0. The molecule has 1 aromatic heterocycles. The van der Waals surface area contributed by atoms with E-state index in [4.69, 9.17) is 4.98 Å². The molecule has 1 unspecified atom stereocenters. The minimum absolute atomic E-state index is 0.174. The lowest BCUT2D eigenvalue weighted by Crippen LogP contribution is -2.48. The molecule has 1 fully saturated rings. The normalized spacial score (nSPS) is 20.0. The molecule has 1 aromatic rings. The van der Waals surface area contributed by atoms with Crippen LogP contribution in [0, 0.1) is 0 Å². The highest BCUT2D eigenvalue weighted by molar-refractivity contribution is 7.09. The Morgan fingerprint density at radius 3 is 2.61 bits per heavy atom. The van der Waals surface area contributed by atoms with E-state index in [1.807, 2.05) is 11.3 Å². The van der Waals surface area contributed by atoms with Gasteiger partial charge >= 0.3 is 0 Å². The van der Waals surface area contributed by atoms with Crippen LogP contribution in [0.5, 0.6) is 0 Å². The molecule has 0 radical (unpaired) electrons. The van der Waals surface area contributed by atoms with Crippen LogP contribution >= 0.6 is 11.3 Å². The first-order valence-corrected chi connectivity index (χ1v) is 7.74. The first-order valence-electron chi connectivity index (χ1n) is 6.86. The Morgan fingerprint density at radius 2 is 2.06 bits per heavy atom. The Morgan fingerprint density at radius 1 is 1.39 bits per heavy atom. The topological polar surface area (TPSA) is 28.2 Å². The predicted octanol–water partition coefficient (Wildman–Crippen LogP) is 2.28. The summed E-state index contributed by atoms with van der Waals surface area (Å²) in [6, 6.07) is 0.603. The lowest BCUT2D eigenvalue weighted by atomic mass is 9.93. The smallest absolute Gasteiger partial charge is 0.0944 e. The molecule has 102 valence electrons. The van der Waals surface area contributed by atoms with Crippen molar-refractivity contribution in [3.05, 3.63) is 16.1 Å². The van der Waals surface area contributed by atoms with Gasteiger partial charge in [0, 0.05) is 49.4 Å². The Kier molecular flexibility index (Phi) is 4.41. The zero-order valence-electron chi connectivity index (χ0n) is 12.0. The molecule has 0 bridgehead atoms. The Labute approximate surface area is 115 Å². The van der Waals surface area contributed by atoms with Crippen LogP contribution in [-0.4, -0.2) is 42.1 Å². The van der Waals surface area contributed by atoms with Gasteiger partial charge in [0.15, 0.2) is 0 Å². The summed E-state index contributed by atoms with van der Waals surface area (Å²) in [6.45, 7) is 13.6. The first-order chi connectivity index (χ1) is 8.47. The summed E-state index contributed by atoms with van der Waals surface area (Å²) in [4.78, 5) is 7.36. The van der Waals surface area contributed by atoms with Gasteiger partial charge in [0.1, 0.15) is 0 Å². The predicted molar refractivity (Wildman–Crippen MR) is 78.4 cm³/mol. The van der Waals surface area contributed by atoms with Crippen molar-refractivity contribution in [2.45, 2.75) is 45.6 Å². The van der Waals surface area contributed by atoms with Crippen LogP contribution < -0.4 is 5.32 Å². The van der Waals surface area contributed by atoms with Crippen molar-refractivity contribution in [3.63, 3.8) is 0 Å². The fourth-order valence-corrected chi connectivity index (χ4v) is 3.40. The summed E-state index contributed by atoms with van der Waals surface area (Å²) in [5, 5.41) is 6.91. The summed E-state index contributed by atoms with van der Waals surface area (Å²) in [5.41, 5.74) is 1.41. The highest BCUT2D eigenvalue weighted by Gasteiger charge is 2.20. The zero-order chi connectivity index (χ0) is 13.2. The molecule has 1 atom stereocenters. The number of aromatic nitrogens is 1. The van der Waals surface area contributed by atoms with E-state index in [1.165, 1.54) is 23.8 Å². The fraction of sp³-hybridized carbons (Fsp3) is 0.786. The van der Waals surface area contributed by atoms with Crippen LogP contribution in [0.25, 0.3) is 0 Å². The average Bonchev–Trinajstić information content (AvgIpc) is 2.78. The van der Waals surface area contributed by atoms with Crippen LogP contribution in [0.4, 0.5) is 0 Å². The molecule has 3 nitrogen and oxygen atoms in total. The number of nitrogens with one attached hydrogen (secondary N) is 1. The SMILES string of the molecule is CC(Cc1nc(C(C)(C)C)cs1)N1CCNCC1. The van der Waals surface area contributed by atoms with Crippen molar-refractivity contribution in [1.29, 1.82) is 0 Å². The quantitative estimate of drug-likeness (QED) is 0.910. The van der Waals surface area contributed by atoms with Crippen LogP contribution in [0.2, 0.25) is 0 Å². The van der Waals surface area contributed by atoms with E-state index in [0.29, 0.717) is 6.04 Å². The molecule has 2 rings (SSSR count). The van der Waals surface area contributed by atoms with Crippen molar-refractivity contribution in [2.75, 3.05) is 26.2 Å². The van der Waals surface area contributed by atoms with Crippen LogP contribution in [0.3, 0.4) is 0 Å². The van der Waals surface area contributed by atoms with Gasteiger partial charge in [0.05, 0.1) is 10.7 Å². The maximum Gasteiger partial charge on any atom is 0.0944 e. The molecular formula is C14H25N3S. The zero-order valence-corrected chi connectivity index (χ0v) is 12.8. The van der Waals surface area contributed by atoms with Gasteiger partial charge in [-0.3, -0.25) is 4.90 Å². The second kappa shape index (κ2) is 5.68. The van der Waals surface area contributed by atoms with E-state index in [0.717, 1.165) is 19.5 Å². The van der Waals surface area contributed by atoms with E-state index >= 15 is 0 Å². The lowest BCUT2D eigenvalue weighted by molar-refractivity contribution is 0.183. The molecule has 4 heteroatoms. The van der Waals surface area contributed by atoms with Crippen LogP contribution in [-0.2, 0) is 11.8 Å². The van der Waals surface area contributed by atoms with E-state index in [9.17, 15) is 0 Å². The highest BCUT2D eigenvalue weighted by atomic mass is 32.1. The molecule has 0 aliphatic carbocycles. The monoisotopic (exact) mass is 267 g/mol. The van der Waals surface area contributed by atoms with Gasteiger partial charge in [-0.1, -0.05) is 20.8 Å². The van der Waals surface area contributed by atoms with Crippen LogP contribution in [0.15, 0.2) is 5.38 Å². The third-order valence-electron chi connectivity index (χ3n) is 3.57. The summed E-state index contributed by atoms with van der Waals surface area (Å²) < 4.78 is 0. The standard InChI is InChI=1S/C14H25N3S/c1-11(17-7-5-15-6-8-17)9-13-16-12(10-18-13)14(2,3)4/h10-11,15H,5-9H2,1-4H3. The number of thiazole rings is 1. The molecule has 0 spiro atoms. The number of rotatable bonds is 3. The van der Waals surface area contributed by atoms with Crippen molar-refractivity contribution in [1.82, 2.24) is 15.2 Å². The Bertz CT molecular complexity index is 375. The molecule has 1 saturated heterocycles. The van der Waals surface area contributed by atoms with Crippen molar-refractivity contribution in [2.24, 2.45) is 0 Å². The summed E-state index contributed by atoms with van der Waals surface area (Å²) in [6.07, 6.45) is 1.08. The summed E-state index contributed by atoms with van der Waals surface area (Å²) in [5.74, 6) is 0. The fourth-order valence-electron chi connectivity index (χ4n) is 2.25. The van der Waals surface area contributed by atoms with Gasteiger partial charge in [-0.2, -0.15) is 0 Å². The third-order valence-corrected chi connectivity index (χ3v) is 4.44. The highest BCUT2D eigenvalue weighted by Crippen LogP contribution is 2.24. The van der Waals surface area contributed by atoms with E-state index < -0.39 is 0 Å². The molecule has 0 aromatic carbocycles. The Hall–Kier alpha value is -0.450. The molecule has 1 aliphatic rings. The second-order valence-electron chi connectivity index (χ2n) is 6.22. The molecular weight excluding hydrogens is 242 g/mol. The van der Waals surface area contributed by atoms with Crippen LogP contribution in [0.1, 0.15) is 38.4 Å². The summed E-state index contributed by atoms with van der Waals surface area (Å²) >= 11 is 1.82. The Balaban J connectivity index is 1.94. The molecule has 1 aliphatic heterocycles. The number of hydrogen-bond donors (Lipinski definition) is 1. The largest absolute Gasteiger partial charge is 0.314 e. The molecule has 0 saturated carbocycles. The van der Waals surface area contributed by atoms with Gasteiger partial charge in [-0.25, -0.2) is 4.98 Å². The molecule has 18 heavy (non-hydrogen) atoms. The number of nitrogens with zero attached hydrogens (tertiary/aromatic N) is 2. The summed E-state index contributed by atoms with van der Waals surface area (Å²) in [7, 11) is 0. The van der Waals surface area contributed by atoms with Gasteiger partial charge < -0.3 is 5.32 Å². The minimum Gasteiger partial charge on any atom is -0.314 e. The van der Waals surface area contributed by atoms with E-state index in [2.05, 4.69) is 43.3 Å². The van der Waals surface area contributed by atoms with Gasteiger partial charge in [0.25, 0.3) is 0 Å². The third kappa shape index (κ3) is 3.53. The maximum absolute atomic E-state index is 4.79. The lowest BCUT2D eigenvalue weighted by Gasteiger charge is -2.32.